The van der Waals surface area contributed by atoms with E-state index in [1.807, 2.05) is 13.8 Å². The van der Waals surface area contributed by atoms with Gasteiger partial charge in [-0.3, -0.25) is 4.79 Å². The minimum atomic E-state index is -0.510. The summed E-state index contributed by atoms with van der Waals surface area (Å²) >= 11 is 0. The fraction of sp³-hybridized carbons (Fsp3) is 0.250. The van der Waals surface area contributed by atoms with E-state index in [4.69, 9.17) is 13.9 Å². The number of aromatic hydroxyl groups is 2. The molecule has 0 saturated carbocycles. The van der Waals surface area contributed by atoms with E-state index in [1.165, 1.54) is 18.4 Å². The van der Waals surface area contributed by atoms with Crippen LogP contribution < -0.4 is 10.2 Å². The molecule has 5 rings (SSSR count). The highest BCUT2D eigenvalue weighted by molar-refractivity contribution is 5.90. The summed E-state index contributed by atoms with van der Waals surface area (Å²) in [4.78, 5) is 13.0. The van der Waals surface area contributed by atoms with Crippen molar-refractivity contribution in [3.8, 4) is 28.4 Å². The maximum atomic E-state index is 13.0. The van der Waals surface area contributed by atoms with Gasteiger partial charge in [0.2, 0.25) is 5.43 Å². The SMILES string of the molecule is CC1(C)Oc2cc3occ(-c4ccc(O)cc4)c(=O)c3c(O)c2[C@@H]2O[C@@H]21. The van der Waals surface area contributed by atoms with Gasteiger partial charge in [0.1, 0.15) is 52.3 Å². The van der Waals surface area contributed by atoms with E-state index in [9.17, 15) is 15.0 Å². The summed E-state index contributed by atoms with van der Waals surface area (Å²) in [6.07, 6.45) is 0.924. The molecule has 0 aliphatic carbocycles. The molecule has 2 aliphatic heterocycles. The third-order valence-corrected chi connectivity index (χ3v) is 5.05. The summed E-state index contributed by atoms with van der Waals surface area (Å²) in [7, 11) is 0. The lowest BCUT2D eigenvalue weighted by Gasteiger charge is -2.29. The Morgan fingerprint density at radius 1 is 1.12 bits per heavy atom. The van der Waals surface area contributed by atoms with Crippen LogP contribution in [0.1, 0.15) is 25.5 Å². The predicted octanol–water partition coefficient (Wildman–Crippen LogP) is 3.48. The summed E-state index contributed by atoms with van der Waals surface area (Å²) < 4.78 is 17.3. The topological polar surface area (TPSA) is 92.4 Å². The van der Waals surface area contributed by atoms with E-state index >= 15 is 0 Å². The van der Waals surface area contributed by atoms with E-state index in [2.05, 4.69) is 0 Å². The number of benzene rings is 2. The van der Waals surface area contributed by atoms with E-state index in [0.717, 1.165) is 0 Å². The van der Waals surface area contributed by atoms with Gasteiger partial charge in [-0.25, -0.2) is 0 Å². The lowest BCUT2D eigenvalue weighted by atomic mass is 9.92. The van der Waals surface area contributed by atoms with Crippen molar-refractivity contribution >= 4 is 11.0 Å². The molecule has 3 aromatic rings. The summed E-state index contributed by atoms with van der Waals surface area (Å²) in [5.74, 6) is 0.418. The van der Waals surface area contributed by atoms with Crippen molar-refractivity contribution in [3.05, 3.63) is 52.4 Å². The Balaban J connectivity index is 1.75. The molecule has 6 nitrogen and oxygen atoms in total. The first-order chi connectivity index (χ1) is 12.4. The second-order valence-corrected chi connectivity index (χ2v) is 7.22. The van der Waals surface area contributed by atoms with Gasteiger partial charge in [0.15, 0.2) is 0 Å². The summed E-state index contributed by atoms with van der Waals surface area (Å²) in [6, 6.07) is 7.85. The smallest absolute Gasteiger partial charge is 0.204 e. The molecule has 0 radical (unpaired) electrons. The van der Waals surface area contributed by atoms with Crippen molar-refractivity contribution in [3.63, 3.8) is 0 Å². The molecule has 26 heavy (non-hydrogen) atoms. The maximum absolute atomic E-state index is 13.0. The quantitative estimate of drug-likeness (QED) is 0.652. The summed E-state index contributed by atoms with van der Waals surface area (Å²) in [6.45, 7) is 3.85. The van der Waals surface area contributed by atoms with Crippen LogP contribution in [0.2, 0.25) is 0 Å². The van der Waals surface area contributed by atoms with Crippen LogP contribution in [0, 0.1) is 0 Å². The summed E-state index contributed by atoms with van der Waals surface area (Å²) in [5, 5.41) is 20.3. The molecule has 1 fully saturated rings. The first-order valence-corrected chi connectivity index (χ1v) is 8.32. The Morgan fingerprint density at radius 2 is 1.85 bits per heavy atom. The van der Waals surface area contributed by atoms with Crippen LogP contribution in [-0.4, -0.2) is 21.9 Å². The van der Waals surface area contributed by atoms with Crippen LogP contribution in [0.3, 0.4) is 0 Å². The van der Waals surface area contributed by atoms with Gasteiger partial charge in [0.05, 0.1) is 11.1 Å². The van der Waals surface area contributed by atoms with Gasteiger partial charge in [0.25, 0.3) is 0 Å². The molecule has 0 bridgehead atoms. The number of hydrogen-bond acceptors (Lipinski definition) is 6. The lowest BCUT2D eigenvalue weighted by molar-refractivity contribution is 0.0723. The highest BCUT2D eigenvalue weighted by Gasteiger charge is 2.58. The lowest BCUT2D eigenvalue weighted by Crippen LogP contribution is -2.37. The third-order valence-electron chi connectivity index (χ3n) is 5.05. The van der Waals surface area contributed by atoms with Gasteiger partial charge in [-0.05, 0) is 31.5 Å². The molecule has 2 atom stereocenters. The molecule has 3 heterocycles. The summed E-state index contributed by atoms with van der Waals surface area (Å²) in [5.41, 5.74) is 0.788. The zero-order chi connectivity index (χ0) is 18.2. The number of phenols is 2. The monoisotopic (exact) mass is 352 g/mol. The molecular weight excluding hydrogens is 336 g/mol. The Labute approximate surface area is 148 Å². The highest BCUT2D eigenvalue weighted by atomic mass is 16.6. The van der Waals surface area contributed by atoms with Gasteiger partial charge < -0.3 is 24.1 Å². The number of ether oxygens (including phenoxy) is 2. The molecule has 0 spiro atoms. The van der Waals surface area contributed by atoms with Crippen LogP contribution in [-0.2, 0) is 4.74 Å². The Kier molecular flexibility index (Phi) is 2.82. The molecule has 0 unspecified atom stereocenters. The van der Waals surface area contributed by atoms with Gasteiger partial charge in [-0.15, -0.1) is 0 Å². The van der Waals surface area contributed by atoms with Crippen molar-refractivity contribution < 1.29 is 24.1 Å². The average molecular weight is 352 g/mol. The molecule has 1 saturated heterocycles. The Morgan fingerprint density at radius 3 is 2.58 bits per heavy atom. The van der Waals surface area contributed by atoms with Crippen LogP contribution in [0.25, 0.3) is 22.1 Å². The van der Waals surface area contributed by atoms with Crippen LogP contribution in [0.4, 0.5) is 0 Å². The van der Waals surface area contributed by atoms with Crippen molar-refractivity contribution in [1.29, 1.82) is 0 Å². The molecule has 2 aromatic carbocycles. The Hall–Kier alpha value is -2.99. The second-order valence-electron chi connectivity index (χ2n) is 7.22. The van der Waals surface area contributed by atoms with E-state index in [0.29, 0.717) is 22.4 Å². The second kappa shape index (κ2) is 4.80. The standard InChI is InChI=1S/C20H16O6/c1-20(2)19-18(25-19)15-13(26-20)7-12-14(17(15)23)16(22)11(8-24-12)9-3-5-10(21)6-4-9/h3-8,18-19,21,23H,1-2H3/t18-,19-/m0/s1. The third kappa shape index (κ3) is 1.99. The molecule has 0 amide bonds. The van der Waals surface area contributed by atoms with Crippen LogP contribution >= 0.6 is 0 Å². The normalized spacial score (nSPS) is 22.4. The number of rotatable bonds is 1. The predicted molar refractivity (Wildman–Crippen MR) is 93.6 cm³/mol. The van der Waals surface area contributed by atoms with E-state index in [-0.39, 0.29) is 40.1 Å². The number of fused-ring (bicyclic) bond motifs is 4. The van der Waals surface area contributed by atoms with Crippen molar-refractivity contribution in [1.82, 2.24) is 0 Å². The van der Waals surface area contributed by atoms with Crippen LogP contribution in [0.15, 0.2) is 45.8 Å². The maximum Gasteiger partial charge on any atom is 0.204 e. The fourth-order valence-corrected chi connectivity index (χ4v) is 3.66. The van der Waals surface area contributed by atoms with E-state index in [1.54, 1.807) is 18.2 Å². The molecular formula is C20H16O6. The minimum Gasteiger partial charge on any atom is -0.508 e. The molecule has 1 aromatic heterocycles. The van der Waals surface area contributed by atoms with Crippen molar-refractivity contribution in [2.45, 2.75) is 31.7 Å². The number of epoxide rings is 1. The first-order valence-electron chi connectivity index (χ1n) is 8.32. The van der Waals surface area contributed by atoms with Gasteiger partial charge in [-0.2, -0.15) is 0 Å². The largest absolute Gasteiger partial charge is 0.508 e. The highest BCUT2D eigenvalue weighted by Crippen LogP contribution is 2.57. The fourth-order valence-electron chi connectivity index (χ4n) is 3.66. The molecule has 132 valence electrons. The minimum absolute atomic E-state index is 0.104. The van der Waals surface area contributed by atoms with Crippen molar-refractivity contribution in [2.75, 3.05) is 0 Å². The van der Waals surface area contributed by atoms with E-state index < -0.39 is 5.60 Å². The van der Waals surface area contributed by atoms with Gasteiger partial charge >= 0.3 is 0 Å². The zero-order valence-corrected chi connectivity index (χ0v) is 14.1. The van der Waals surface area contributed by atoms with Crippen LogP contribution in [0.5, 0.6) is 17.2 Å². The van der Waals surface area contributed by atoms with Crippen molar-refractivity contribution in [2.24, 2.45) is 0 Å². The number of phenolic OH excluding ortho intramolecular Hbond substituents is 2. The molecule has 2 aliphatic rings. The zero-order valence-electron chi connectivity index (χ0n) is 14.1. The van der Waals surface area contributed by atoms with Gasteiger partial charge in [0, 0.05) is 6.07 Å². The number of hydrogen-bond donors (Lipinski definition) is 2. The van der Waals surface area contributed by atoms with Gasteiger partial charge in [-0.1, -0.05) is 12.1 Å². The molecule has 6 heteroatoms. The first kappa shape index (κ1) is 15.3. The molecule has 2 N–H and O–H groups in total. The Bertz CT molecular complexity index is 1110. The average Bonchev–Trinajstić information content (AvgIpc) is 3.37.